The van der Waals surface area contributed by atoms with Gasteiger partial charge in [0.1, 0.15) is 0 Å². The SMILES string of the molecule is CC(C)CC(CNC(=O)C1CC1C1CCCCC1)C(=O)O. The second kappa shape index (κ2) is 7.28. The quantitative estimate of drug-likeness (QED) is 0.758. The van der Waals surface area contributed by atoms with Crippen molar-refractivity contribution in [3.8, 4) is 0 Å². The van der Waals surface area contributed by atoms with Gasteiger partial charge in [0.25, 0.3) is 0 Å². The van der Waals surface area contributed by atoms with E-state index in [4.69, 9.17) is 0 Å². The summed E-state index contributed by atoms with van der Waals surface area (Å²) >= 11 is 0. The van der Waals surface area contributed by atoms with Gasteiger partial charge in [0.2, 0.25) is 5.91 Å². The van der Waals surface area contributed by atoms with E-state index in [1.165, 1.54) is 32.1 Å². The van der Waals surface area contributed by atoms with Crippen molar-refractivity contribution < 1.29 is 14.7 Å². The van der Waals surface area contributed by atoms with E-state index in [0.717, 1.165) is 12.3 Å². The van der Waals surface area contributed by atoms with E-state index in [2.05, 4.69) is 5.32 Å². The summed E-state index contributed by atoms with van der Waals surface area (Å²) in [4.78, 5) is 23.4. The molecule has 2 aliphatic carbocycles. The molecule has 0 heterocycles. The number of carboxylic acids is 1. The minimum absolute atomic E-state index is 0.0839. The fraction of sp³-hybridized carbons (Fsp3) is 0.882. The van der Waals surface area contributed by atoms with Crippen molar-refractivity contribution >= 4 is 11.9 Å². The molecule has 21 heavy (non-hydrogen) atoms. The molecule has 0 aromatic heterocycles. The first-order valence-electron chi connectivity index (χ1n) is 8.49. The molecule has 0 radical (unpaired) electrons. The average Bonchev–Trinajstić information content (AvgIpc) is 3.24. The number of carbonyl (C=O) groups is 2. The lowest BCUT2D eigenvalue weighted by molar-refractivity contribution is -0.142. The molecule has 3 unspecified atom stereocenters. The predicted molar refractivity (Wildman–Crippen MR) is 81.8 cm³/mol. The van der Waals surface area contributed by atoms with E-state index in [-0.39, 0.29) is 18.4 Å². The van der Waals surface area contributed by atoms with Gasteiger partial charge in [-0.3, -0.25) is 9.59 Å². The van der Waals surface area contributed by atoms with E-state index < -0.39 is 11.9 Å². The Morgan fingerprint density at radius 3 is 2.43 bits per heavy atom. The second-order valence-corrected chi connectivity index (χ2v) is 7.31. The van der Waals surface area contributed by atoms with Crippen molar-refractivity contribution in [1.82, 2.24) is 5.32 Å². The van der Waals surface area contributed by atoms with E-state index in [1.54, 1.807) is 0 Å². The highest BCUT2D eigenvalue weighted by Crippen LogP contribution is 2.49. The normalized spacial score (nSPS) is 27.4. The Bertz CT molecular complexity index is 374. The van der Waals surface area contributed by atoms with E-state index in [1.807, 2.05) is 13.8 Å². The molecule has 120 valence electrons. The zero-order valence-electron chi connectivity index (χ0n) is 13.3. The first kappa shape index (κ1) is 16.3. The number of amides is 1. The highest BCUT2D eigenvalue weighted by Gasteiger charge is 2.47. The number of aliphatic carboxylic acids is 1. The van der Waals surface area contributed by atoms with Crippen molar-refractivity contribution in [2.24, 2.45) is 29.6 Å². The molecule has 0 bridgehead atoms. The van der Waals surface area contributed by atoms with Crippen LogP contribution in [0.4, 0.5) is 0 Å². The monoisotopic (exact) mass is 295 g/mol. The maximum absolute atomic E-state index is 12.2. The summed E-state index contributed by atoms with van der Waals surface area (Å²) in [5.41, 5.74) is 0. The van der Waals surface area contributed by atoms with Crippen LogP contribution in [0.3, 0.4) is 0 Å². The highest BCUT2D eigenvalue weighted by atomic mass is 16.4. The minimum Gasteiger partial charge on any atom is -0.481 e. The van der Waals surface area contributed by atoms with Crippen LogP contribution >= 0.6 is 0 Å². The maximum atomic E-state index is 12.2. The Kier molecular flexibility index (Phi) is 5.65. The molecule has 4 nitrogen and oxygen atoms in total. The van der Waals surface area contributed by atoms with Crippen LogP contribution in [0.1, 0.15) is 58.8 Å². The second-order valence-electron chi connectivity index (χ2n) is 7.31. The van der Waals surface area contributed by atoms with Crippen LogP contribution in [0.5, 0.6) is 0 Å². The van der Waals surface area contributed by atoms with Crippen molar-refractivity contribution in [2.75, 3.05) is 6.54 Å². The van der Waals surface area contributed by atoms with Crippen LogP contribution in [0.25, 0.3) is 0 Å². The lowest BCUT2D eigenvalue weighted by Gasteiger charge is -2.21. The third kappa shape index (κ3) is 4.72. The molecule has 0 aliphatic heterocycles. The van der Waals surface area contributed by atoms with Crippen LogP contribution in [-0.2, 0) is 9.59 Å². The molecule has 3 atom stereocenters. The van der Waals surface area contributed by atoms with Gasteiger partial charge >= 0.3 is 5.97 Å². The largest absolute Gasteiger partial charge is 0.481 e. The average molecular weight is 295 g/mol. The van der Waals surface area contributed by atoms with E-state index in [9.17, 15) is 14.7 Å². The first-order valence-corrected chi connectivity index (χ1v) is 8.49. The Morgan fingerprint density at radius 1 is 1.19 bits per heavy atom. The van der Waals surface area contributed by atoms with Crippen LogP contribution in [0.2, 0.25) is 0 Å². The van der Waals surface area contributed by atoms with Crippen molar-refractivity contribution in [3.63, 3.8) is 0 Å². The first-order chi connectivity index (χ1) is 9.99. The highest BCUT2D eigenvalue weighted by molar-refractivity contribution is 5.82. The standard InChI is InChI=1S/C17H29NO3/c1-11(2)8-13(17(20)21)10-18-16(19)15-9-14(15)12-6-4-3-5-7-12/h11-15H,3-10H2,1-2H3,(H,18,19)(H,20,21). The van der Waals surface area contributed by atoms with Crippen molar-refractivity contribution in [2.45, 2.75) is 58.8 Å². The fourth-order valence-electron chi connectivity index (χ4n) is 3.79. The molecule has 4 heteroatoms. The molecular weight excluding hydrogens is 266 g/mol. The molecule has 1 amide bonds. The third-order valence-electron chi connectivity index (χ3n) is 5.06. The van der Waals surface area contributed by atoms with Crippen LogP contribution in [-0.4, -0.2) is 23.5 Å². The Morgan fingerprint density at radius 2 is 1.86 bits per heavy atom. The van der Waals surface area contributed by atoms with Gasteiger partial charge in [-0.25, -0.2) is 0 Å². The number of hydrogen-bond acceptors (Lipinski definition) is 2. The topological polar surface area (TPSA) is 66.4 Å². The number of carboxylic acid groups (broad SMARTS) is 1. The summed E-state index contributed by atoms with van der Waals surface area (Å²) in [6, 6.07) is 0. The van der Waals surface area contributed by atoms with Gasteiger partial charge in [0.05, 0.1) is 5.92 Å². The molecule has 0 aromatic rings. The maximum Gasteiger partial charge on any atom is 0.308 e. The van der Waals surface area contributed by atoms with Crippen molar-refractivity contribution in [3.05, 3.63) is 0 Å². The smallest absolute Gasteiger partial charge is 0.308 e. The Balaban J connectivity index is 1.73. The number of carbonyl (C=O) groups excluding carboxylic acids is 1. The van der Waals surface area contributed by atoms with Crippen LogP contribution in [0.15, 0.2) is 0 Å². The number of hydrogen-bond donors (Lipinski definition) is 2. The zero-order valence-corrected chi connectivity index (χ0v) is 13.3. The van der Waals surface area contributed by atoms with E-state index in [0.29, 0.717) is 18.3 Å². The van der Waals surface area contributed by atoms with Gasteiger partial charge in [0, 0.05) is 12.5 Å². The van der Waals surface area contributed by atoms with Gasteiger partial charge in [0.15, 0.2) is 0 Å². The molecule has 2 aliphatic rings. The summed E-state index contributed by atoms with van der Waals surface area (Å²) in [6.07, 6.45) is 8.15. The number of nitrogens with one attached hydrogen (secondary N) is 1. The van der Waals surface area contributed by atoms with Gasteiger partial charge in [-0.05, 0) is 30.6 Å². The molecule has 0 spiro atoms. The molecule has 2 fully saturated rings. The van der Waals surface area contributed by atoms with Gasteiger partial charge in [-0.15, -0.1) is 0 Å². The molecule has 0 aromatic carbocycles. The summed E-state index contributed by atoms with van der Waals surface area (Å²) in [5, 5.41) is 12.1. The molecule has 2 N–H and O–H groups in total. The zero-order chi connectivity index (χ0) is 15.4. The van der Waals surface area contributed by atoms with Gasteiger partial charge < -0.3 is 10.4 Å². The molecule has 0 saturated heterocycles. The van der Waals surface area contributed by atoms with E-state index >= 15 is 0 Å². The summed E-state index contributed by atoms with van der Waals surface area (Å²) in [7, 11) is 0. The summed E-state index contributed by atoms with van der Waals surface area (Å²) in [5.74, 6) is 0.615. The molecular formula is C17H29NO3. The molecule has 2 saturated carbocycles. The summed E-state index contributed by atoms with van der Waals surface area (Å²) < 4.78 is 0. The summed E-state index contributed by atoms with van der Waals surface area (Å²) in [6.45, 7) is 4.30. The van der Waals surface area contributed by atoms with Crippen LogP contribution < -0.4 is 5.32 Å². The predicted octanol–water partition coefficient (Wildman–Crippen LogP) is 3.07. The van der Waals surface area contributed by atoms with Crippen LogP contribution in [0, 0.1) is 29.6 Å². The molecule has 2 rings (SSSR count). The third-order valence-corrected chi connectivity index (χ3v) is 5.06. The Hall–Kier alpha value is -1.06. The van der Waals surface area contributed by atoms with Gasteiger partial charge in [-0.1, -0.05) is 46.0 Å². The van der Waals surface area contributed by atoms with Gasteiger partial charge in [-0.2, -0.15) is 0 Å². The lowest BCUT2D eigenvalue weighted by Crippen LogP contribution is -2.35. The fourth-order valence-corrected chi connectivity index (χ4v) is 3.79. The Labute approximate surface area is 127 Å². The lowest BCUT2D eigenvalue weighted by atomic mass is 9.85. The minimum atomic E-state index is -0.802. The van der Waals surface area contributed by atoms with Crippen molar-refractivity contribution in [1.29, 1.82) is 0 Å². The number of rotatable bonds is 7.